The fourth-order valence-electron chi connectivity index (χ4n) is 8.57. The van der Waals surface area contributed by atoms with Crippen LogP contribution in [0.25, 0.3) is 22.2 Å². The first kappa shape index (κ1) is 37.6. The highest BCUT2D eigenvalue weighted by Gasteiger charge is 2.50. The van der Waals surface area contributed by atoms with Crippen molar-refractivity contribution in [3.63, 3.8) is 0 Å². The average Bonchev–Trinajstić information content (AvgIpc) is 3.60. The second kappa shape index (κ2) is 16.5. The molecule has 2 amide bonds. The molecule has 0 bridgehead atoms. The topological polar surface area (TPSA) is 129 Å². The van der Waals surface area contributed by atoms with Crippen LogP contribution in [-0.2, 0) is 27.4 Å². The molecule has 11 heteroatoms. The van der Waals surface area contributed by atoms with Crippen molar-refractivity contribution in [3.8, 4) is 11.1 Å². The number of carbonyl (C=O) groups excluding carboxylic acids is 2. The van der Waals surface area contributed by atoms with Gasteiger partial charge in [0.05, 0.1) is 42.7 Å². The van der Waals surface area contributed by atoms with Crippen molar-refractivity contribution < 1.29 is 24.2 Å². The Morgan fingerprint density at radius 1 is 0.828 bits per heavy atom. The second-order valence-corrected chi connectivity index (χ2v) is 15.3. The molecule has 58 heavy (non-hydrogen) atoms. The quantitative estimate of drug-likeness (QED) is 0.139. The van der Waals surface area contributed by atoms with Gasteiger partial charge in [0.1, 0.15) is 11.2 Å². The van der Waals surface area contributed by atoms with Gasteiger partial charge in [0.2, 0.25) is 5.91 Å². The van der Waals surface area contributed by atoms with Gasteiger partial charge >= 0.3 is 0 Å². The summed E-state index contributed by atoms with van der Waals surface area (Å²) in [6, 6.07) is 41.9. The van der Waals surface area contributed by atoms with Gasteiger partial charge < -0.3 is 35.0 Å². The van der Waals surface area contributed by atoms with E-state index in [9.17, 15) is 14.7 Å². The number of rotatable bonds is 10. The first-order chi connectivity index (χ1) is 28.5. The minimum Gasteiger partial charge on any atom is -0.392 e. The third-order valence-corrected chi connectivity index (χ3v) is 11.8. The van der Waals surface area contributed by atoms with Crippen molar-refractivity contribution in [1.29, 1.82) is 0 Å². The van der Waals surface area contributed by atoms with Crippen LogP contribution in [-0.4, -0.2) is 69.7 Å². The normalized spacial score (nSPS) is 20.6. The van der Waals surface area contributed by atoms with Gasteiger partial charge in [-0.15, -0.1) is 0 Å². The van der Waals surface area contributed by atoms with E-state index in [0.717, 1.165) is 77.1 Å². The molecule has 6 aromatic rings. The van der Waals surface area contributed by atoms with E-state index >= 15 is 0 Å². The zero-order chi connectivity index (χ0) is 39.5. The van der Waals surface area contributed by atoms with Crippen LogP contribution in [0.2, 0.25) is 0 Å². The highest BCUT2D eigenvalue weighted by molar-refractivity contribution is 5.94. The number of hydrogen-bond donors (Lipinski definition) is 3. The van der Waals surface area contributed by atoms with E-state index in [4.69, 9.17) is 9.47 Å². The Morgan fingerprint density at radius 3 is 2.31 bits per heavy atom. The Labute approximate surface area is 337 Å². The maximum absolute atomic E-state index is 13.3. The fourth-order valence-corrected chi connectivity index (χ4v) is 8.57. The Balaban J connectivity index is 0.896. The fraction of sp³-hybridized carbons (Fsp3) is 0.277. The number of hydrogen-bond acceptors (Lipinski definition) is 9. The lowest BCUT2D eigenvalue weighted by Crippen LogP contribution is -2.57. The predicted molar refractivity (Wildman–Crippen MR) is 221 cm³/mol. The molecule has 3 aliphatic heterocycles. The number of nitrogens with zero attached hydrogens (tertiary/aromatic N) is 4. The Hall–Kier alpha value is -5.98. The average molecular weight is 775 g/mol. The molecule has 5 aromatic carbocycles. The van der Waals surface area contributed by atoms with Crippen LogP contribution in [0.15, 0.2) is 134 Å². The van der Waals surface area contributed by atoms with Gasteiger partial charge in [-0.3, -0.25) is 14.6 Å². The van der Waals surface area contributed by atoms with Crippen LogP contribution in [0, 0.1) is 0 Å². The van der Waals surface area contributed by atoms with Gasteiger partial charge in [-0.2, -0.15) is 0 Å². The van der Waals surface area contributed by atoms with Gasteiger partial charge in [-0.05, 0) is 64.9 Å². The van der Waals surface area contributed by atoms with Gasteiger partial charge in [-0.25, -0.2) is 4.98 Å². The smallest absolute Gasteiger partial charge is 0.271 e. The molecule has 1 spiro atoms. The van der Waals surface area contributed by atoms with Crippen LogP contribution in [0.4, 0.5) is 5.69 Å². The summed E-state index contributed by atoms with van der Waals surface area (Å²) >= 11 is 0. The Bertz CT molecular complexity index is 2380. The van der Waals surface area contributed by atoms with Crippen molar-refractivity contribution in [1.82, 2.24) is 25.5 Å². The van der Waals surface area contributed by atoms with Gasteiger partial charge in [0, 0.05) is 43.9 Å². The number of likely N-dealkylation sites (tertiary alicyclic amines) is 1. The summed E-state index contributed by atoms with van der Waals surface area (Å²) in [5.74, 6) is -0.177. The van der Waals surface area contributed by atoms with Gasteiger partial charge in [-0.1, -0.05) is 103 Å². The number of aliphatic hydroxyl groups excluding tert-OH is 1. The molecule has 3 unspecified atom stereocenters. The van der Waals surface area contributed by atoms with E-state index in [0.29, 0.717) is 25.2 Å². The number of aliphatic hydroxyl groups is 1. The van der Waals surface area contributed by atoms with Crippen LogP contribution >= 0.6 is 0 Å². The summed E-state index contributed by atoms with van der Waals surface area (Å²) < 4.78 is 13.4. The monoisotopic (exact) mass is 774 g/mol. The summed E-state index contributed by atoms with van der Waals surface area (Å²) in [6.45, 7) is 3.11. The van der Waals surface area contributed by atoms with Crippen molar-refractivity contribution in [3.05, 3.63) is 162 Å². The molecule has 3 fully saturated rings. The van der Waals surface area contributed by atoms with Crippen LogP contribution in [0.3, 0.4) is 0 Å². The Morgan fingerprint density at radius 2 is 1.53 bits per heavy atom. The van der Waals surface area contributed by atoms with E-state index in [1.807, 2.05) is 84.9 Å². The highest BCUT2D eigenvalue weighted by Crippen LogP contribution is 2.40. The van der Waals surface area contributed by atoms with Crippen molar-refractivity contribution in [2.75, 3.05) is 31.2 Å². The lowest BCUT2D eigenvalue weighted by molar-refractivity contribution is -0.253. The zero-order valence-electron chi connectivity index (χ0n) is 32.2. The number of amides is 2. The predicted octanol–water partition coefficient (Wildman–Crippen LogP) is 6.69. The molecule has 9 rings (SSSR count). The number of fused-ring (bicyclic) bond motifs is 1. The largest absolute Gasteiger partial charge is 0.392 e. The third-order valence-electron chi connectivity index (χ3n) is 11.8. The molecule has 0 radical (unpaired) electrons. The van der Waals surface area contributed by atoms with Gasteiger partial charge in [0.25, 0.3) is 5.91 Å². The molecular weight excluding hydrogens is 729 g/mol. The molecule has 3 aliphatic rings. The maximum atomic E-state index is 13.3. The number of benzene rings is 5. The van der Waals surface area contributed by atoms with E-state index in [2.05, 4.69) is 72.9 Å². The summed E-state index contributed by atoms with van der Waals surface area (Å²) in [5, 5.41) is 15.8. The van der Waals surface area contributed by atoms with Gasteiger partial charge in [0.15, 0.2) is 6.29 Å². The Kier molecular flexibility index (Phi) is 10.7. The zero-order valence-corrected chi connectivity index (χ0v) is 32.2. The van der Waals surface area contributed by atoms with Crippen molar-refractivity contribution >= 4 is 28.5 Å². The summed E-state index contributed by atoms with van der Waals surface area (Å²) in [4.78, 5) is 40.0. The molecule has 0 aliphatic carbocycles. The van der Waals surface area contributed by atoms with Crippen LogP contribution in [0.1, 0.15) is 64.4 Å². The van der Waals surface area contributed by atoms with Crippen molar-refractivity contribution in [2.45, 2.75) is 56.5 Å². The number of nitrogens with one attached hydrogen (secondary N) is 2. The molecule has 1 aromatic heterocycles. The first-order valence-corrected chi connectivity index (χ1v) is 20.0. The molecule has 3 atom stereocenters. The summed E-state index contributed by atoms with van der Waals surface area (Å²) in [7, 11) is 0. The second-order valence-electron chi connectivity index (χ2n) is 15.3. The number of anilines is 1. The lowest BCUT2D eigenvalue weighted by atomic mass is 9.85. The summed E-state index contributed by atoms with van der Waals surface area (Å²) in [6.07, 6.45) is 2.72. The third kappa shape index (κ3) is 7.69. The lowest BCUT2D eigenvalue weighted by Gasteiger charge is -2.45. The molecule has 3 saturated heterocycles. The van der Waals surface area contributed by atoms with E-state index < -0.39 is 11.8 Å². The molecule has 3 N–H and O–H groups in total. The number of carbonyl (C=O) groups is 2. The number of para-hydroxylation sites is 3. The first-order valence-electron chi connectivity index (χ1n) is 20.0. The maximum Gasteiger partial charge on any atom is 0.271 e. The SMILES string of the molecule is O=C(NCc1ccccc1-c1ccc(C2OC(CN3CCC4(CC3)C(=O)NCN4c3ccccc3)CC(c3ccc(CO)cc3)O2)cc1)c1cnc2ccccc2n1. The standard InChI is InChI=1S/C47H46N6O5/c54-30-32-14-16-34(17-15-32)43-26-38(29-52-24-22-47(23-25-52)46(56)50-31-53(47)37-9-2-1-3-10-37)57-45(58-43)35-20-18-33(19-21-35)39-11-5-4-8-36(39)27-49-44(55)42-28-48-40-12-6-7-13-41(40)51-42/h1-21,28,38,43,45,54H,22-27,29-31H2,(H,49,55)(H,50,56). The number of aromatic nitrogens is 2. The molecule has 0 saturated carbocycles. The van der Waals surface area contributed by atoms with Crippen LogP contribution in [0.5, 0.6) is 0 Å². The number of ether oxygens (including phenoxy) is 2. The minimum atomic E-state index is -0.599. The molecule has 4 heterocycles. The van der Waals surface area contributed by atoms with Crippen molar-refractivity contribution in [2.24, 2.45) is 0 Å². The minimum absolute atomic E-state index is 0.0165. The molecule has 11 nitrogen and oxygen atoms in total. The molecule has 294 valence electrons. The van der Waals surface area contributed by atoms with E-state index in [1.54, 1.807) is 0 Å². The summed E-state index contributed by atoms with van der Waals surface area (Å²) in [5.41, 5.74) is 7.98. The van der Waals surface area contributed by atoms with Crippen LogP contribution < -0.4 is 15.5 Å². The number of piperidine rings is 1. The van der Waals surface area contributed by atoms with E-state index in [1.165, 1.54) is 6.20 Å². The molecular formula is C47H46N6O5. The van der Waals surface area contributed by atoms with E-state index in [-0.39, 0.29) is 36.3 Å². The highest BCUT2D eigenvalue weighted by atomic mass is 16.7.